The summed E-state index contributed by atoms with van der Waals surface area (Å²) < 4.78 is 12.2. The smallest absolute Gasteiger partial charge is 0.172 e. The highest BCUT2D eigenvalue weighted by Gasteiger charge is 2.33. The van der Waals surface area contributed by atoms with Gasteiger partial charge in [0, 0.05) is 39.8 Å². The number of methoxy groups -OCH3 is 1. The molecular weight excluding hydrogens is 456 g/mol. The van der Waals surface area contributed by atoms with Crippen LogP contribution in [0.2, 0.25) is 0 Å². The average molecular weight is 487 g/mol. The molecule has 3 aliphatic rings. The van der Waals surface area contributed by atoms with Crippen LogP contribution in [0.4, 0.5) is 5.69 Å². The van der Waals surface area contributed by atoms with Gasteiger partial charge in [0.2, 0.25) is 0 Å². The fourth-order valence-electron chi connectivity index (χ4n) is 5.23. The van der Waals surface area contributed by atoms with Crippen molar-refractivity contribution in [3.05, 3.63) is 63.4 Å². The van der Waals surface area contributed by atoms with Gasteiger partial charge in [0.25, 0.3) is 0 Å². The molecule has 2 aliphatic heterocycles. The normalized spacial score (nSPS) is 18.6. The van der Waals surface area contributed by atoms with Gasteiger partial charge in [-0.25, -0.2) is 0 Å². The molecule has 35 heavy (non-hydrogen) atoms. The number of hydrogen-bond acceptors (Lipinski definition) is 6. The highest BCUT2D eigenvalue weighted by atomic mass is 32.1. The molecule has 1 saturated carbocycles. The third-order valence-corrected chi connectivity index (χ3v) is 7.78. The van der Waals surface area contributed by atoms with Crippen molar-refractivity contribution in [2.75, 3.05) is 12.4 Å². The highest BCUT2D eigenvalue weighted by Crippen LogP contribution is 2.54. The topological polar surface area (TPSA) is 62.8 Å². The Kier molecular flexibility index (Phi) is 5.20. The Morgan fingerprint density at radius 3 is 2.77 bits per heavy atom. The van der Waals surface area contributed by atoms with Crippen LogP contribution < -0.4 is 20.1 Å². The lowest BCUT2D eigenvalue weighted by Gasteiger charge is -2.35. The van der Waals surface area contributed by atoms with E-state index in [2.05, 4.69) is 67.1 Å². The number of ether oxygens (including phenoxy) is 2. The highest BCUT2D eigenvalue weighted by molar-refractivity contribution is 7.11. The van der Waals surface area contributed by atoms with Crippen LogP contribution in [0.15, 0.2) is 41.8 Å². The lowest BCUT2D eigenvalue weighted by atomic mass is 9.83. The zero-order valence-electron chi connectivity index (χ0n) is 20.5. The minimum absolute atomic E-state index is 0.101. The molecular formula is C29H30N2O3S. The molecule has 1 aliphatic carbocycles. The standard InChI is InChI=1S/C29H30N2O3S/c1-16-14-29(2,3)31-20-8-7-19-26(25(16)20)23(34-22-10-9-21(32)28(33-4)27(19)22)13-24-17(11-12-35-24)15-30-18-5-6-18/h7-14,18,30-32H,5-6,15H2,1-4H3. The van der Waals surface area contributed by atoms with Crippen LogP contribution in [-0.2, 0) is 6.54 Å². The second-order valence-electron chi connectivity index (χ2n) is 10.2. The monoisotopic (exact) mass is 486 g/mol. The van der Waals surface area contributed by atoms with Crippen LogP contribution in [0.5, 0.6) is 17.2 Å². The summed E-state index contributed by atoms with van der Waals surface area (Å²) in [4.78, 5) is 1.19. The van der Waals surface area contributed by atoms with Crippen LogP contribution in [-0.4, -0.2) is 23.8 Å². The van der Waals surface area contributed by atoms with Crippen molar-refractivity contribution in [2.45, 2.75) is 51.7 Å². The molecule has 1 aromatic heterocycles. The lowest BCUT2D eigenvalue weighted by Crippen LogP contribution is -2.32. The molecule has 0 unspecified atom stereocenters. The number of anilines is 1. The van der Waals surface area contributed by atoms with Crippen LogP contribution in [0.1, 0.15) is 55.2 Å². The molecule has 1 fully saturated rings. The van der Waals surface area contributed by atoms with E-state index in [1.165, 1.54) is 28.9 Å². The van der Waals surface area contributed by atoms with Crippen molar-refractivity contribution in [2.24, 2.45) is 0 Å². The van der Waals surface area contributed by atoms with Gasteiger partial charge in [-0.2, -0.15) is 0 Å². The Morgan fingerprint density at radius 2 is 2.00 bits per heavy atom. The fraction of sp³-hybridized carbons (Fsp3) is 0.310. The van der Waals surface area contributed by atoms with Gasteiger partial charge in [0.15, 0.2) is 11.5 Å². The maximum atomic E-state index is 10.5. The molecule has 3 N–H and O–H groups in total. The van der Waals surface area contributed by atoms with Crippen LogP contribution in [0.3, 0.4) is 0 Å². The van der Waals surface area contributed by atoms with Crippen LogP contribution in [0, 0.1) is 0 Å². The summed E-state index contributed by atoms with van der Waals surface area (Å²) in [5.74, 6) is 2.02. The molecule has 6 heteroatoms. The van der Waals surface area contributed by atoms with E-state index in [0.717, 1.165) is 40.2 Å². The molecule has 2 aromatic carbocycles. The molecule has 0 bridgehead atoms. The van der Waals surface area contributed by atoms with Crippen LogP contribution >= 0.6 is 11.3 Å². The Bertz CT molecular complexity index is 1400. The third kappa shape index (κ3) is 3.91. The third-order valence-electron chi connectivity index (χ3n) is 6.87. The van der Waals surface area contributed by atoms with E-state index < -0.39 is 0 Å². The zero-order valence-corrected chi connectivity index (χ0v) is 21.3. The summed E-state index contributed by atoms with van der Waals surface area (Å²) in [7, 11) is 1.58. The molecule has 0 spiro atoms. The maximum Gasteiger partial charge on any atom is 0.172 e. The Labute approximate surface area is 210 Å². The molecule has 180 valence electrons. The summed E-state index contributed by atoms with van der Waals surface area (Å²) in [6, 6.07) is 10.5. The predicted molar refractivity (Wildman–Crippen MR) is 144 cm³/mol. The lowest BCUT2D eigenvalue weighted by molar-refractivity contribution is 0.371. The number of phenols is 1. The number of rotatable bonds is 5. The fourth-order valence-corrected chi connectivity index (χ4v) is 6.08. The average Bonchev–Trinajstić information content (AvgIpc) is 3.54. The Hall–Kier alpha value is -3.22. The molecule has 0 radical (unpaired) electrons. The predicted octanol–water partition coefficient (Wildman–Crippen LogP) is 6.88. The van der Waals surface area contributed by atoms with Gasteiger partial charge in [-0.3, -0.25) is 0 Å². The summed E-state index contributed by atoms with van der Waals surface area (Å²) in [5.41, 5.74) is 7.32. The molecule has 6 rings (SSSR count). The first-order chi connectivity index (χ1) is 16.8. The van der Waals surface area contributed by atoms with Gasteiger partial charge in [-0.15, -0.1) is 11.3 Å². The van der Waals surface area contributed by atoms with Gasteiger partial charge in [-0.05, 0) is 80.5 Å². The molecule has 3 heterocycles. The number of nitrogens with one attached hydrogen (secondary N) is 2. The first kappa shape index (κ1) is 22.3. The van der Waals surface area contributed by atoms with Gasteiger partial charge in [0.05, 0.1) is 18.2 Å². The van der Waals surface area contributed by atoms with E-state index in [9.17, 15) is 5.11 Å². The van der Waals surface area contributed by atoms with Gasteiger partial charge in [-0.1, -0.05) is 12.1 Å². The number of hydrogen-bond donors (Lipinski definition) is 3. The van der Waals surface area contributed by atoms with E-state index in [1.54, 1.807) is 24.5 Å². The van der Waals surface area contributed by atoms with E-state index in [1.807, 2.05) is 6.07 Å². The second kappa shape index (κ2) is 8.18. The molecule has 0 saturated heterocycles. The number of aromatic hydroxyl groups is 1. The first-order valence-electron chi connectivity index (χ1n) is 12.1. The Balaban J connectivity index is 1.56. The number of benzene rings is 2. The number of fused-ring (bicyclic) bond motifs is 5. The summed E-state index contributed by atoms with van der Waals surface area (Å²) in [5, 5.41) is 20.0. The minimum Gasteiger partial charge on any atom is -0.504 e. The van der Waals surface area contributed by atoms with Crippen molar-refractivity contribution >= 4 is 34.4 Å². The van der Waals surface area contributed by atoms with E-state index in [4.69, 9.17) is 9.47 Å². The quantitative estimate of drug-likeness (QED) is 0.367. The number of thiophene rings is 1. The van der Waals surface area contributed by atoms with Gasteiger partial charge >= 0.3 is 0 Å². The van der Waals surface area contributed by atoms with Crippen molar-refractivity contribution in [3.8, 4) is 28.4 Å². The number of phenolic OH excluding ortho intramolecular Hbond substituents is 1. The van der Waals surface area contributed by atoms with Crippen molar-refractivity contribution in [1.29, 1.82) is 0 Å². The van der Waals surface area contributed by atoms with Gasteiger partial charge < -0.3 is 25.2 Å². The van der Waals surface area contributed by atoms with Crippen molar-refractivity contribution in [3.63, 3.8) is 0 Å². The van der Waals surface area contributed by atoms with Crippen molar-refractivity contribution in [1.82, 2.24) is 5.32 Å². The zero-order chi connectivity index (χ0) is 24.3. The second-order valence-corrected chi connectivity index (χ2v) is 11.1. The van der Waals surface area contributed by atoms with Crippen molar-refractivity contribution < 1.29 is 14.6 Å². The molecule has 0 amide bonds. The summed E-state index contributed by atoms with van der Waals surface area (Å²) in [6.45, 7) is 7.37. The summed E-state index contributed by atoms with van der Waals surface area (Å²) in [6.07, 6.45) is 6.97. The summed E-state index contributed by atoms with van der Waals surface area (Å²) >= 11 is 1.73. The molecule has 5 nitrogen and oxygen atoms in total. The Morgan fingerprint density at radius 1 is 1.17 bits per heavy atom. The first-order valence-corrected chi connectivity index (χ1v) is 13.0. The molecule has 0 atom stereocenters. The largest absolute Gasteiger partial charge is 0.504 e. The van der Waals surface area contributed by atoms with E-state index in [0.29, 0.717) is 17.5 Å². The van der Waals surface area contributed by atoms with E-state index >= 15 is 0 Å². The van der Waals surface area contributed by atoms with E-state index in [-0.39, 0.29) is 11.3 Å². The molecule has 3 aromatic rings. The van der Waals surface area contributed by atoms with Gasteiger partial charge in [0.1, 0.15) is 11.5 Å². The van der Waals surface area contributed by atoms with Crippen LogP contribution in [0.25, 0.3) is 28.5 Å². The minimum atomic E-state index is -0.145. The number of allylic oxidation sites excluding steroid dienone is 1. The maximum absolute atomic E-state index is 10.5. The SMILES string of the molecule is COc1c(O)ccc2c1-c1ccc3c(c1C(=Cc1sccc1CNC1CC1)O2)C(C)=CC(C)(C)N3.